The molecule has 2 heteroatoms. The fourth-order valence-corrected chi connectivity index (χ4v) is 3.86. The van der Waals surface area contributed by atoms with Gasteiger partial charge in [-0.05, 0) is 71.0 Å². The summed E-state index contributed by atoms with van der Waals surface area (Å²) in [6.45, 7) is 8.45. The summed E-state index contributed by atoms with van der Waals surface area (Å²) in [5, 5.41) is 3.62. The van der Waals surface area contributed by atoms with Gasteiger partial charge in [-0.2, -0.15) is 0 Å². The lowest BCUT2D eigenvalue weighted by molar-refractivity contribution is 0.0581. The van der Waals surface area contributed by atoms with Crippen LogP contribution in [0.5, 0.6) is 0 Å². The Morgan fingerprint density at radius 1 is 1.17 bits per heavy atom. The lowest BCUT2D eigenvalue weighted by Gasteiger charge is -2.44. The Hall–Kier alpha value is -0.0800. The molecule has 0 aromatic heterocycles. The van der Waals surface area contributed by atoms with Crippen molar-refractivity contribution < 1.29 is 0 Å². The number of likely N-dealkylation sites (tertiary alicyclic amines) is 1. The maximum atomic E-state index is 3.62. The van der Waals surface area contributed by atoms with Crippen molar-refractivity contribution in [3.05, 3.63) is 0 Å². The number of hydrogen-bond acceptors (Lipinski definition) is 2. The zero-order valence-electron chi connectivity index (χ0n) is 12.5. The molecule has 1 saturated heterocycles. The molecule has 0 radical (unpaired) electrons. The minimum Gasteiger partial charge on any atom is -0.314 e. The van der Waals surface area contributed by atoms with Crippen molar-refractivity contribution in [3.63, 3.8) is 0 Å². The Morgan fingerprint density at radius 3 is 2.78 bits per heavy atom. The third kappa shape index (κ3) is 3.96. The molecule has 2 fully saturated rings. The molecule has 106 valence electrons. The molecule has 2 rings (SSSR count). The van der Waals surface area contributed by atoms with Crippen LogP contribution in [-0.2, 0) is 0 Å². The van der Waals surface area contributed by atoms with Crippen LogP contribution in [0.3, 0.4) is 0 Å². The van der Waals surface area contributed by atoms with E-state index < -0.39 is 0 Å². The van der Waals surface area contributed by atoms with Gasteiger partial charge in [0.1, 0.15) is 0 Å². The highest BCUT2D eigenvalue weighted by Gasteiger charge is 2.32. The number of rotatable bonds is 6. The first-order valence-corrected chi connectivity index (χ1v) is 8.28. The molecular formula is C16H32N2. The second kappa shape index (κ2) is 7.49. The SMILES string of the molecule is CCCNC(C)CCN1CCCC2CCCCC21. The molecule has 1 heterocycles. The average Bonchev–Trinajstić information content (AvgIpc) is 2.42. The first-order valence-electron chi connectivity index (χ1n) is 8.28. The van der Waals surface area contributed by atoms with Crippen LogP contribution < -0.4 is 5.32 Å². The first kappa shape index (κ1) is 14.3. The van der Waals surface area contributed by atoms with E-state index in [0.717, 1.165) is 12.0 Å². The molecular weight excluding hydrogens is 220 g/mol. The van der Waals surface area contributed by atoms with Gasteiger partial charge in [0.2, 0.25) is 0 Å². The summed E-state index contributed by atoms with van der Waals surface area (Å²) in [5.41, 5.74) is 0. The summed E-state index contributed by atoms with van der Waals surface area (Å²) in [6.07, 6.45) is 11.5. The molecule has 1 aliphatic heterocycles. The Labute approximate surface area is 114 Å². The van der Waals surface area contributed by atoms with Gasteiger partial charge in [-0.25, -0.2) is 0 Å². The zero-order chi connectivity index (χ0) is 12.8. The second-order valence-electron chi connectivity index (χ2n) is 6.43. The zero-order valence-corrected chi connectivity index (χ0v) is 12.5. The fourth-order valence-electron chi connectivity index (χ4n) is 3.86. The summed E-state index contributed by atoms with van der Waals surface area (Å²) in [6, 6.07) is 1.62. The third-order valence-electron chi connectivity index (χ3n) is 4.95. The fraction of sp³-hybridized carbons (Fsp3) is 1.00. The molecule has 3 atom stereocenters. The van der Waals surface area contributed by atoms with E-state index >= 15 is 0 Å². The van der Waals surface area contributed by atoms with Gasteiger partial charge in [0.05, 0.1) is 0 Å². The topological polar surface area (TPSA) is 15.3 Å². The van der Waals surface area contributed by atoms with Crippen molar-refractivity contribution in [1.82, 2.24) is 10.2 Å². The molecule has 18 heavy (non-hydrogen) atoms. The molecule has 1 N–H and O–H groups in total. The molecule has 0 aromatic carbocycles. The number of fused-ring (bicyclic) bond motifs is 1. The van der Waals surface area contributed by atoms with E-state index in [4.69, 9.17) is 0 Å². The summed E-state index contributed by atoms with van der Waals surface area (Å²) in [7, 11) is 0. The summed E-state index contributed by atoms with van der Waals surface area (Å²) in [5.74, 6) is 1.03. The quantitative estimate of drug-likeness (QED) is 0.779. The Morgan fingerprint density at radius 2 is 1.94 bits per heavy atom. The molecule has 2 nitrogen and oxygen atoms in total. The van der Waals surface area contributed by atoms with Crippen LogP contribution in [0, 0.1) is 5.92 Å². The molecule has 0 aromatic rings. The van der Waals surface area contributed by atoms with Crippen LogP contribution in [0.1, 0.15) is 65.2 Å². The predicted molar refractivity (Wildman–Crippen MR) is 78.9 cm³/mol. The molecule has 1 saturated carbocycles. The van der Waals surface area contributed by atoms with Crippen molar-refractivity contribution in [1.29, 1.82) is 0 Å². The Kier molecular flexibility index (Phi) is 5.97. The molecule has 0 bridgehead atoms. The van der Waals surface area contributed by atoms with Gasteiger partial charge in [0, 0.05) is 12.1 Å². The van der Waals surface area contributed by atoms with Gasteiger partial charge >= 0.3 is 0 Å². The van der Waals surface area contributed by atoms with E-state index in [2.05, 4.69) is 24.1 Å². The number of nitrogens with one attached hydrogen (secondary N) is 1. The summed E-state index contributed by atoms with van der Waals surface area (Å²) < 4.78 is 0. The van der Waals surface area contributed by atoms with Crippen LogP contribution in [-0.4, -0.2) is 36.6 Å². The highest BCUT2D eigenvalue weighted by atomic mass is 15.2. The minimum atomic E-state index is 0.689. The summed E-state index contributed by atoms with van der Waals surface area (Å²) >= 11 is 0. The van der Waals surface area contributed by atoms with E-state index in [9.17, 15) is 0 Å². The van der Waals surface area contributed by atoms with Gasteiger partial charge < -0.3 is 10.2 Å². The van der Waals surface area contributed by atoms with Crippen LogP contribution in [0.4, 0.5) is 0 Å². The predicted octanol–water partition coefficient (Wildman–Crippen LogP) is 3.42. The van der Waals surface area contributed by atoms with E-state index in [-0.39, 0.29) is 0 Å². The smallest absolute Gasteiger partial charge is 0.0123 e. The minimum absolute atomic E-state index is 0.689. The molecule has 2 aliphatic rings. The van der Waals surface area contributed by atoms with Gasteiger partial charge in [0.25, 0.3) is 0 Å². The van der Waals surface area contributed by atoms with Crippen molar-refractivity contribution in [2.24, 2.45) is 5.92 Å². The standard InChI is InChI=1S/C16H32N2/c1-3-11-17-14(2)10-13-18-12-6-8-15-7-4-5-9-16(15)18/h14-17H,3-13H2,1-2H3. The van der Waals surface area contributed by atoms with Crippen LogP contribution in [0.2, 0.25) is 0 Å². The molecule has 0 amide bonds. The number of nitrogens with zero attached hydrogens (tertiary/aromatic N) is 1. The van der Waals surface area contributed by atoms with Crippen LogP contribution in [0.15, 0.2) is 0 Å². The first-order chi connectivity index (χ1) is 8.81. The molecule has 0 spiro atoms. The average molecular weight is 252 g/mol. The van der Waals surface area contributed by atoms with Gasteiger partial charge in [-0.1, -0.05) is 19.8 Å². The third-order valence-corrected chi connectivity index (χ3v) is 4.95. The van der Waals surface area contributed by atoms with Crippen molar-refractivity contribution >= 4 is 0 Å². The number of hydrogen-bond donors (Lipinski definition) is 1. The largest absolute Gasteiger partial charge is 0.314 e. The van der Waals surface area contributed by atoms with E-state index in [0.29, 0.717) is 6.04 Å². The lowest BCUT2D eigenvalue weighted by Crippen LogP contribution is -2.48. The Balaban J connectivity index is 1.73. The lowest BCUT2D eigenvalue weighted by atomic mass is 9.78. The van der Waals surface area contributed by atoms with Crippen molar-refractivity contribution in [3.8, 4) is 0 Å². The van der Waals surface area contributed by atoms with E-state index in [1.54, 1.807) is 0 Å². The van der Waals surface area contributed by atoms with Gasteiger partial charge in [0.15, 0.2) is 0 Å². The molecule has 3 unspecified atom stereocenters. The molecule has 1 aliphatic carbocycles. The maximum Gasteiger partial charge on any atom is 0.0123 e. The highest BCUT2D eigenvalue weighted by Crippen LogP contribution is 2.35. The van der Waals surface area contributed by atoms with Crippen molar-refractivity contribution in [2.75, 3.05) is 19.6 Å². The monoisotopic (exact) mass is 252 g/mol. The van der Waals surface area contributed by atoms with Gasteiger partial charge in [-0.3, -0.25) is 0 Å². The van der Waals surface area contributed by atoms with E-state index in [1.807, 2.05) is 0 Å². The summed E-state index contributed by atoms with van der Waals surface area (Å²) in [4.78, 5) is 2.82. The van der Waals surface area contributed by atoms with Crippen molar-refractivity contribution in [2.45, 2.75) is 77.3 Å². The van der Waals surface area contributed by atoms with E-state index in [1.165, 1.54) is 71.0 Å². The van der Waals surface area contributed by atoms with Crippen LogP contribution in [0.25, 0.3) is 0 Å². The van der Waals surface area contributed by atoms with Crippen LogP contribution >= 0.6 is 0 Å². The normalized spacial score (nSPS) is 31.0. The van der Waals surface area contributed by atoms with Gasteiger partial charge in [-0.15, -0.1) is 0 Å². The number of piperidine rings is 1. The Bertz CT molecular complexity index is 227. The second-order valence-corrected chi connectivity index (χ2v) is 6.43. The highest BCUT2D eigenvalue weighted by molar-refractivity contribution is 4.87. The maximum absolute atomic E-state index is 3.62.